The van der Waals surface area contributed by atoms with Gasteiger partial charge in [-0.2, -0.15) is 0 Å². The molecule has 0 amide bonds. The number of nitro benzene ring substituents is 1. The smallest absolute Gasteiger partial charge is 0.290 e. The molecular formula is C15H12FN3O2. The second kappa shape index (κ2) is 4.66. The van der Waals surface area contributed by atoms with E-state index < -0.39 is 10.7 Å². The monoisotopic (exact) mass is 285 g/mol. The van der Waals surface area contributed by atoms with Crippen LogP contribution in [-0.4, -0.2) is 14.5 Å². The highest BCUT2D eigenvalue weighted by Crippen LogP contribution is 2.30. The highest BCUT2D eigenvalue weighted by Gasteiger charge is 2.21. The molecule has 106 valence electrons. The van der Waals surface area contributed by atoms with Crippen LogP contribution in [0.3, 0.4) is 0 Å². The molecule has 0 atom stereocenters. The van der Waals surface area contributed by atoms with Crippen LogP contribution in [0.25, 0.3) is 16.7 Å². The lowest BCUT2D eigenvalue weighted by atomic mass is 10.1. The zero-order valence-electron chi connectivity index (χ0n) is 11.5. The SMILES string of the molecule is Cc1cc(-n2c(C)nc3ccccc32)c([N+](=O)[O-])cc1F. The molecule has 3 aromatic rings. The van der Waals surface area contributed by atoms with Gasteiger partial charge in [-0.15, -0.1) is 0 Å². The molecule has 0 saturated carbocycles. The second-order valence-electron chi connectivity index (χ2n) is 4.83. The average molecular weight is 285 g/mol. The molecular weight excluding hydrogens is 273 g/mol. The quantitative estimate of drug-likeness (QED) is 0.533. The molecule has 21 heavy (non-hydrogen) atoms. The van der Waals surface area contributed by atoms with E-state index in [1.165, 1.54) is 6.07 Å². The lowest BCUT2D eigenvalue weighted by Gasteiger charge is -2.09. The van der Waals surface area contributed by atoms with Crippen LogP contribution < -0.4 is 0 Å². The van der Waals surface area contributed by atoms with Crippen LogP contribution in [0.15, 0.2) is 36.4 Å². The van der Waals surface area contributed by atoms with Gasteiger partial charge in [0, 0.05) is 0 Å². The number of aromatic nitrogens is 2. The van der Waals surface area contributed by atoms with Gasteiger partial charge in [0.25, 0.3) is 5.69 Å². The van der Waals surface area contributed by atoms with Gasteiger partial charge >= 0.3 is 0 Å². The Labute approximate surface area is 119 Å². The van der Waals surface area contributed by atoms with Crippen molar-refractivity contribution < 1.29 is 9.31 Å². The Morgan fingerprint density at radius 1 is 1.24 bits per heavy atom. The van der Waals surface area contributed by atoms with Gasteiger partial charge in [0.2, 0.25) is 0 Å². The number of aryl methyl sites for hydroxylation is 2. The molecule has 1 heterocycles. The van der Waals surface area contributed by atoms with Gasteiger partial charge in [-0.05, 0) is 37.6 Å². The molecule has 3 rings (SSSR count). The third-order valence-electron chi connectivity index (χ3n) is 3.42. The van der Waals surface area contributed by atoms with Crippen molar-refractivity contribution in [1.29, 1.82) is 0 Å². The standard InChI is InChI=1S/C15H12FN3O2/c1-9-7-14(15(19(20)21)8-11(9)16)18-10(2)17-12-5-3-4-6-13(12)18/h3-8H,1-2H3. The number of para-hydroxylation sites is 2. The maximum absolute atomic E-state index is 13.6. The lowest BCUT2D eigenvalue weighted by molar-refractivity contribution is -0.384. The number of hydrogen-bond donors (Lipinski definition) is 0. The van der Waals surface area contributed by atoms with E-state index >= 15 is 0 Å². The Morgan fingerprint density at radius 2 is 1.95 bits per heavy atom. The Bertz CT molecular complexity index is 871. The predicted molar refractivity (Wildman–Crippen MR) is 77.2 cm³/mol. The topological polar surface area (TPSA) is 61.0 Å². The number of fused-ring (bicyclic) bond motifs is 1. The van der Waals surface area contributed by atoms with Crippen LogP contribution in [0.4, 0.5) is 10.1 Å². The van der Waals surface area contributed by atoms with Crippen LogP contribution in [-0.2, 0) is 0 Å². The van der Waals surface area contributed by atoms with Crippen LogP contribution >= 0.6 is 0 Å². The Morgan fingerprint density at radius 3 is 2.67 bits per heavy atom. The van der Waals surface area contributed by atoms with E-state index in [0.29, 0.717) is 17.1 Å². The molecule has 0 aliphatic rings. The minimum atomic E-state index is -0.590. The van der Waals surface area contributed by atoms with Crippen LogP contribution in [0.2, 0.25) is 0 Å². The molecule has 2 aromatic carbocycles. The number of benzene rings is 2. The van der Waals surface area contributed by atoms with Gasteiger partial charge < -0.3 is 0 Å². The minimum Gasteiger partial charge on any atom is -0.290 e. The number of nitro groups is 1. The first-order chi connectivity index (χ1) is 9.99. The predicted octanol–water partition coefficient (Wildman–Crippen LogP) is 3.69. The fourth-order valence-electron chi connectivity index (χ4n) is 2.43. The molecule has 0 aliphatic heterocycles. The summed E-state index contributed by atoms with van der Waals surface area (Å²) in [7, 11) is 0. The van der Waals surface area contributed by atoms with Gasteiger partial charge in [0.1, 0.15) is 17.3 Å². The number of rotatable bonds is 2. The molecule has 0 radical (unpaired) electrons. The normalized spacial score (nSPS) is 11.0. The van der Waals surface area contributed by atoms with Gasteiger partial charge in [0.05, 0.1) is 22.0 Å². The molecule has 0 unspecified atom stereocenters. The van der Waals surface area contributed by atoms with Gasteiger partial charge in [-0.25, -0.2) is 9.37 Å². The van der Waals surface area contributed by atoms with E-state index in [-0.39, 0.29) is 5.69 Å². The van der Waals surface area contributed by atoms with Crippen LogP contribution in [0.1, 0.15) is 11.4 Å². The maximum Gasteiger partial charge on any atom is 0.296 e. The second-order valence-corrected chi connectivity index (χ2v) is 4.83. The number of imidazole rings is 1. The Balaban J connectivity index is 2.40. The van der Waals surface area contributed by atoms with Gasteiger partial charge in [-0.1, -0.05) is 12.1 Å². The molecule has 0 spiro atoms. The van der Waals surface area contributed by atoms with Crippen molar-refractivity contribution in [1.82, 2.24) is 9.55 Å². The van der Waals surface area contributed by atoms with E-state index in [1.54, 1.807) is 18.4 Å². The first-order valence-electron chi connectivity index (χ1n) is 6.38. The van der Waals surface area contributed by atoms with Gasteiger partial charge in [0.15, 0.2) is 0 Å². The van der Waals surface area contributed by atoms with Crippen molar-refractivity contribution >= 4 is 16.7 Å². The zero-order valence-corrected chi connectivity index (χ0v) is 11.5. The molecule has 0 aliphatic carbocycles. The van der Waals surface area contributed by atoms with Crippen molar-refractivity contribution in [2.75, 3.05) is 0 Å². The van der Waals surface area contributed by atoms with E-state index in [2.05, 4.69) is 4.98 Å². The third-order valence-corrected chi connectivity index (χ3v) is 3.42. The third kappa shape index (κ3) is 2.05. The first-order valence-corrected chi connectivity index (χ1v) is 6.38. The molecule has 5 nitrogen and oxygen atoms in total. The summed E-state index contributed by atoms with van der Waals surface area (Å²) >= 11 is 0. The van der Waals surface area contributed by atoms with Crippen molar-refractivity contribution in [2.24, 2.45) is 0 Å². The van der Waals surface area contributed by atoms with Crippen molar-refractivity contribution in [2.45, 2.75) is 13.8 Å². The average Bonchev–Trinajstić information content (AvgIpc) is 2.77. The fraction of sp³-hybridized carbons (Fsp3) is 0.133. The van der Waals surface area contributed by atoms with Crippen LogP contribution in [0.5, 0.6) is 0 Å². The number of halogens is 1. The number of nitrogens with zero attached hydrogens (tertiary/aromatic N) is 3. The molecule has 6 heteroatoms. The van der Waals surface area contributed by atoms with Crippen molar-refractivity contribution in [3.05, 3.63) is 63.7 Å². The van der Waals surface area contributed by atoms with E-state index in [9.17, 15) is 14.5 Å². The van der Waals surface area contributed by atoms with Crippen molar-refractivity contribution in [3.63, 3.8) is 0 Å². The van der Waals surface area contributed by atoms with E-state index in [0.717, 1.165) is 17.1 Å². The summed E-state index contributed by atoms with van der Waals surface area (Å²) in [6.07, 6.45) is 0. The summed E-state index contributed by atoms with van der Waals surface area (Å²) in [6, 6.07) is 9.79. The molecule has 0 bridgehead atoms. The maximum atomic E-state index is 13.6. The highest BCUT2D eigenvalue weighted by atomic mass is 19.1. The minimum absolute atomic E-state index is 0.274. The molecule has 0 N–H and O–H groups in total. The first kappa shape index (κ1) is 13.2. The fourth-order valence-corrected chi connectivity index (χ4v) is 2.43. The zero-order chi connectivity index (χ0) is 15.1. The van der Waals surface area contributed by atoms with E-state index in [4.69, 9.17) is 0 Å². The molecule has 0 fully saturated rings. The number of hydrogen-bond acceptors (Lipinski definition) is 3. The van der Waals surface area contributed by atoms with Crippen molar-refractivity contribution in [3.8, 4) is 5.69 Å². The lowest BCUT2D eigenvalue weighted by Crippen LogP contribution is -2.04. The molecule has 0 saturated heterocycles. The summed E-state index contributed by atoms with van der Waals surface area (Å²) in [5.41, 5.74) is 1.90. The Kier molecular flexibility index (Phi) is 2.94. The Hall–Kier alpha value is -2.76. The highest BCUT2D eigenvalue weighted by molar-refractivity contribution is 5.79. The van der Waals surface area contributed by atoms with Gasteiger partial charge in [-0.3, -0.25) is 14.7 Å². The van der Waals surface area contributed by atoms with Crippen LogP contribution in [0, 0.1) is 29.8 Å². The van der Waals surface area contributed by atoms with E-state index in [1.807, 2.05) is 24.3 Å². The molecule has 1 aromatic heterocycles. The summed E-state index contributed by atoms with van der Waals surface area (Å²) < 4.78 is 15.3. The summed E-state index contributed by atoms with van der Waals surface area (Å²) in [5, 5.41) is 11.2. The summed E-state index contributed by atoms with van der Waals surface area (Å²) in [4.78, 5) is 15.0. The largest absolute Gasteiger partial charge is 0.296 e. The summed E-state index contributed by atoms with van der Waals surface area (Å²) in [6.45, 7) is 3.35. The summed E-state index contributed by atoms with van der Waals surface area (Å²) in [5.74, 6) is 0.0258.